The van der Waals surface area contributed by atoms with E-state index < -0.39 is 16.8 Å². The molecule has 0 spiro atoms. The zero-order chi connectivity index (χ0) is 11.5. The number of hydrogen-bond acceptors (Lipinski definition) is 4. The van der Waals surface area contributed by atoms with Gasteiger partial charge in [0, 0.05) is 23.2 Å². The first-order valence-electron chi connectivity index (χ1n) is 5.17. The van der Waals surface area contributed by atoms with Gasteiger partial charge in [0.15, 0.2) is 0 Å². The quantitative estimate of drug-likeness (QED) is 0.760. The highest BCUT2D eigenvalue weighted by Gasteiger charge is 2.35. The molecule has 0 aromatic rings. The van der Waals surface area contributed by atoms with Crippen molar-refractivity contribution in [3.63, 3.8) is 0 Å². The maximum atomic E-state index is 10.8. The zero-order valence-electron chi connectivity index (χ0n) is 9.23. The normalized spacial score (nSPS) is 21.3. The summed E-state index contributed by atoms with van der Waals surface area (Å²) in [6, 6.07) is -0.814. The highest BCUT2D eigenvalue weighted by Crippen LogP contribution is 2.35. The van der Waals surface area contributed by atoms with Gasteiger partial charge in [0.25, 0.3) is 0 Å². The molecule has 88 valence electrons. The molecule has 0 radical (unpaired) electrons. The van der Waals surface area contributed by atoms with Crippen LogP contribution in [0, 0.1) is 0 Å². The van der Waals surface area contributed by atoms with Gasteiger partial charge >= 0.3 is 5.97 Å². The highest BCUT2D eigenvalue weighted by atomic mass is 32.2. The molecular formula is C10H19NO3S. The highest BCUT2D eigenvalue weighted by molar-refractivity contribution is 8.01. The van der Waals surface area contributed by atoms with Gasteiger partial charge in [-0.05, 0) is 26.7 Å². The van der Waals surface area contributed by atoms with Crippen LogP contribution < -0.4 is 5.73 Å². The van der Waals surface area contributed by atoms with Crippen LogP contribution in [0.4, 0.5) is 0 Å². The lowest BCUT2D eigenvalue weighted by atomic mass is 10.1. The van der Waals surface area contributed by atoms with Crippen LogP contribution in [0.25, 0.3) is 0 Å². The topological polar surface area (TPSA) is 72.5 Å². The lowest BCUT2D eigenvalue weighted by molar-refractivity contribution is -0.139. The average molecular weight is 233 g/mol. The average Bonchev–Trinajstić information content (AvgIpc) is 2.17. The molecule has 0 saturated carbocycles. The van der Waals surface area contributed by atoms with Crippen molar-refractivity contribution in [2.24, 2.45) is 5.73 Å². The number of carboxylic acids is 1. The van der Waals surface area contributed by atoms with Crippen molar-refractivity contribution in [1.29, 1.82) is 0 Å². The molecule has 0 aromatic carbocycles. The summed E-state index contributed by atoms with van der Waals surface area (Å²) >= 11 is 1.67. The van der Waals surface area contributed by atoms with E-state index in [4.69, 9.17) is 15.6 Å². The fourth-order valence-corrected chi connectivity index (χ4v) is 3.13. The van der Waals surface area contributed by atoms with E-state index in [1.807, 2.05) is 13.8 Å². The van der Waals surface area contributed by atoms with E-state index in [2.05, 4.69) is 0 Å². The van der Waals surface area contributed by atoms with E-state index in [0.29, 0.717) is 5.25 Å². The largest absolute Gasteiger partial charge is 0.480 e. The van der Waals surface area contributed by atoms with Gasteiger partial charge in [-0.2, -0.15) is 0 Å². The van der Waals surface area contributed by atoms with E-state index in [1.165, 1.54) is 0 Å². The summed E-state index contributed by atoms with van der Waals surface area (Å²) in [5.74, 6) is -0.931. The summed E-state index contributed by atoms with van der Waals surface area (Å²) in [5.41, 5.74) is 5.66. The molecule has 1 saturated heterocycles. The number of carboxylic acid groups (broad SMARTS) is 1. The van der Waals surface area contributed by atoms with Crippen molar-refractivity contribution < 1.29 is 14.6 Å². The van der Waals surface area contributed by atoms with Crippen molar-refractivity contribution in [3.05, 3.63) is 0 Å². The van der Waals surface area contributed by atoms with Crippen LogP contribution in [-0.4, -0.2) is 40.3 Å². The fraction of sp³-hybridized carbons (Fsp3) is 0.900. The molecule has 3 N–H and O–H groups in total. The van der Waals surface area contributed by atoms with Crippen LogP contribution in [-0.2, 0) is 9.53 Å². The van der Waals surface area contributed by atoms with Gasteiger partial charge in [-0.3, -0.25) is 4.79 Å². The smallest absolute Gasteiger partial charge is 0.321 e. The van der Waals surface area contributed by atoms with E-state index in [1.54, 1.807) is 11.8 Å². The number of aliphatic carboxylic acids is 1. The Hall–Kier alpha value is -0.260. The minimum absolute atomic E-state index is 0.423. The van der Waals surface area contributed by atoms with Gasteiger partial charge in [0.2, 0.25) is 0 Å². The van der Waals surface area contributed by atoms with Gasteiger partial charge in [-0.25, -0.2) is 0 Å². The third kappa shape index (κ3) is 3.66. The molecule has 0 aliphatic carbocycles. The molecule has 1 atom stereocenters. The molecule has 0 bridgehead atoms. The lowest BCUT2D eigenvalue weighted by Crippen LogP contribution is -2.48. The third-order valence-electron chi connectivity index (χ3n) is 2.65. The maximum Gasteiger partial charge on any atom is 0.321 e. The first kappa shape index (κ1) is 12.8. The fourth-order valence-electron chi connectivity index (χ4n) is 1.59. The third-order valence-corrected chi connectivity index (χ3v) is 4.32. The van der Waals surface area contributed by atoms with Crippen molar-refractivity contribution in [3.8, 4) is 0 Å². The Morgan fingerprint density at radius 1 is 1.53 bits per heavy atom. The second kappa shape index (κ2) is 5.18. The summed E-state index contributed by atoms with van der Waals surface area (Å²) in [5, 5.41) is 9.36. The monoisotopic (exact) mass is 233 g/mol. The minimum Gasteiger partial charge on any atom is -0.480 e. The second-order valence-corrected chi connectivity index (χ2v) is 6.30. The van der Waals surface area contributed by atoms with Crippen LogP contribution in [0.1, 0.15) is 26.7 Å². The molecule has 1 heterocycles. The Morgan fingerprint density at radius 3 is 2.53 bits per heavy atom. The molecule has 0 unspecified atom stereocenters. The van der Waals surface area contributed by atoms with Gasteiger partial charge in [0.1, 0.15) is 6.04 Å². The number of thioether (sulfide) groups is 1. The predicted octanol–water partition coefficient (Wildman–Crippen LogP) is 1.09. The summed E-state index contributed by atoms with van der Waals surface area (Å²) in [6.45, 7) is 5.34. The van der Waals surface area contributed by atoms with Crippen LogP contribution in [0.5, 0.6) is 0 Å². The number of nitrogens with two attached hydrogens (primary N) is 1. The minimum atomic E-state index is -0.931. The molecule has 1 rings (SSSR count). The van der Waals surface area contributed by atoms with E-state index in [-0.39, 0.29) is 0 Å². The standard InChI is InChI=1S/C10H19NO3S/c1-10(2,8(11)9(12)13)15-7-3-5-14-6-4-7/h7-8H,3-6,11H2,1-2H3,(H,12,13)/t8-/m1/s1. The van der Waals surface area contributed by atoms with Crippen LogP contribution >= 0.6 is 11.8 Å². The van der Waals surface area contributed by atoms with Crippen molar-refractivity contribution >= 4 is 17.7 Å². The molecule has 1 fully saturated rings. The Morgan fingerprint density at radius 2 is 2.07 bits per heavy atom. The van der Waals surface area contributed by atoms with Crippen molar-refractivity contribution in [1.82, 2.24) is 0 Å². The van der Waals surface area contributed by atoms with Gasteiger partial charge in [-0.15, -0.1) is 11.8 Å². The number of rotatable bonds is 4. The molecule has 0 amide bonds. The van der Waals surface area contributed by atoms with Gasteiger partial charge in [-0.1, -0.05) is 0 Å². The summed E-state index contributed by atoms with van der Waals surface area (Å²) < 4.78 is 4.84. The van der Waals surface area contributed by atoms with E-state index in [9.17, 15) is 4.79 Å². The van der Waals surface area contributed by atoms with Crippen molar-refractivity contribution in [2.45, 2.75) is 42.7 Å². The van der Waals surface area contributed by atoms with Gasteiger partial charge in [0.05, 0.1) is 0 Å². The first-order valence-corrected chi connectivity index (χ1v) is 6.05. The molecule has 0 aromatic heterocycles. The first-order chi connectivity index (χ1) is 6.93. The zero-order valence-corrected chi connectivity index (χ0v) is 10.0. The summed E-state index contributed by atoms with van der Waals surface area (Å²) in [4.78, 5) is 10.8. The van der Waals surface area contributed by atoms with Crippen LogP contribution in [0.15, 0.2) is 0 Å². The van der Waals surface area contributed by atoms with E-state index in [0.717, 1.165) is 26.1 Å². The number of ether oxygens (including phenoxy) is 1. The molecule has 4 nitrogen and oxygen atoms in total. The molecule has 5 heteroatoms. The van der Waals surface area contributed by atoms with Gasteiger partial charge < -0.3 is 15.6 Å². The molecular weight excluding hydrogens is 214 g/mol. The Bertz CT molecular complexity index is 227. The lowest BCUT2D eigenvalue weighted by Gasteiger charge is -2.33. The predicted molar refractivity (Wildman–Crippen MR) is 61.1 cm³/mol. The Labute approximate surface area is 94.6 Å². The SMILES string of the molecule is CC(C)(SC1CCOCC1)[C@H](N)C(=O)O. The van der Waals surface area contributed by atoms with Crippen LogP contribution in [0.2, 0.25) is 0 Å². The van der Waals surface area contributed by atoms with E-state index >= 15 is 0 Å². The maximum absolute atomic E-state index is 10.8. The molecule has 15 heavy (non-hydrogen) atoms. The summed E-state index contributed by atoms with van der Waals surface area (Å²) in [6.07, 6.45) is 1.97. The van der Waals surface area contributed by atoms with Crippen molar-refractivity contribution in [2.75, 3.05) is 13.2 Å². The van der Waals surface area contributed by atoms with Crippen LogP contribution in [0.3, 0.4) is 0 Å². The second-order valence-electron chi connectivity index (χ2n) is 4.35. The Balaban J connectivity index is 2.50. The Kier molecular flexibility index (Phi) is 4.43. The number of hydrogen-bond donors (Lipinski definition) is 2. The number of carbonyl (C=O) groups is 1. The molecule has 1 aliphatic heterocycles. The summed E-state index contributed by atoms with van der Waals surface area (Å²) in [7, 11) is 0. The molecule has 1 aliphatic rings.